The summed E-state index contributed by atoms with van der Waals surface area (Å²) < 4.78 is 2.84. The molecule has 0 saturated heterocycles. The van der Waals surface area contributed by atoms with Crippen molar-refractivity contribution in [2.45, 2.75) is 40.0 Å². The Kier molecular flexibility index (Phi) is 4.86. The van der Waals surface area contributed by atoms with Crippen LogP contribution in [-0.2, 0) is 6.42 Å². The van der Waals surface area contributed by atoms with E-state index in [-0.39, 0.29) is 5.56 Å². The van der Waals surface area contributed by atoms with E-state index in [2.05, 4.69) is 22.9 Å². The highest BCUT2D eigenvalue weighted by molar-refractivity contribution is 9.10. The Labute approximate surface area is 150 Å². The first-order valence-corrected chi connectivity index (χ1v) is 9.10. The van der Waals surface area contributed by atoms with Gasteiger partial charge in [-0.3, -0.25) is 9.36 Å². The summed E-state index contributed by atoms with van der Waals surface area (Å²) in [7, 11) is 0. The van der Waals surface area contributed by atoms with Gasteiger partial charge >= 0.3 is 0 Å². The lowest BCUT2D eigenvalue weighted by Gasteiger charge is -2.18. The number of aromatic nitrogens is 2. The van der Waals surface area contributed by atoms with Crippen molar-refractivity contribution >= 4 is 26.8 Å². The van der Waals surface area contributed by atoms with Crippen LogP contribution in [0.3, 0.4) is 0 Å². The van der Waals surface area contributed by atoms with Gasteiger partial charge in [-0.15, -0.1) is 0 Å². The summed E-state index contributed by atoms with van der Waals surface area (Å²) >= 11 is 3.54. The van der Waals surface area contributed by atoms with Crippen molar-refractivity contribution in [1.29, 1.82) is 0 Å². The number of hydrogen-bond donors (Lipinski definition) is 0. The lowest BCUT2D eigenvalue weighted by atomic mass is 10.1. The topological polar surface area (TPSA) is 34.9 Å². The predicted octanol–water partition coefficient (Wildman–Crippen LogP) is 5.11. The number of para-hydroxylation sites is 1. The van der Waals surface area contributed by atoms with Crippen LogP contribution in [0.5, 0.6) is 0 Å². The second-order valence-corrected chi connectivity index (χ2v) is 7.09. The van der Waals surface area contributed by atoms with Gasteiger partial charge in [0, 0.05) is 10.9 Å². The van der Waals surface area contributed by atoms with Crippen LogP contribution in [0.1, 0.15) is 36.7 Å². The molecule has 4 heteroatoms. The summed E-state index contributed by atoms with van der Waals surface area (Å²) in [5.41, 5.74) is 3.88. The van der Waals surface area contributed by atoms with Crippen LogP contribution in [0.15, 0.2) is 45.7 Å². The molecule has 2 aromatic carbocycles. The molecule has 0 aliphatic carbocycles. The van der Waals surface area contributed by atoms with Gasteiger partial charge in [-0.25, -0.2) is 4.98 Å². The average Bonchev–Trinajstić information content (AvgIpc) is 2.54. The van der Waals surface area contributed by atoms with E-state index in [1.165, 1.54) is 0 Å². The van der Waals surface area contributed by atoms with Crippen molar-refractivity contribution in [3.05, 3.63) is 68.2 Å². The summed E-state index contributed by atoms with van der Waals surface area (Å²) in [6.07, 6.45) is 2.88. The Balaban J connectivity index is 2.37. The number of hydrogen-bond acceptors (Lipinski definition) is 2. The van der Waals surface area contributed by atoms with E-state index in [9.17, 15) is 4.79 Å². The van der Waals surface area contributed by atoms with Crippen molar-refractivity contribution in [1.82, 2.24) is 9.55 Å². The smallest absolute Gasteiger partial charge is 0.265 e. The van der Waals surface area contributed by atoms with Crippen molar-refractivity contribution < 1.29 is 0 Å². The molecule has 0 N–H and O–H groups in total. The second-order valence-electron chi connectivity index (χ2n) is 6.18. The Hall–Kier alpha value is -1.94. The zero-order valence-corrected chi connectivity index (χ0v) is 15.9. The molecule has 1 aromatic heterocycles. The zero-order chi connectivity index (χ0) is 17.3. The van der Waals surface area contributed by atoms with Gasteiger partial charge < -0.3 is 0 Å². The van der Waals surface area contributed by atoms with Crippen LogP contribution in [0.25, 0.3) is 16.6 Å². The van der Waals surface area contributed by atoms with Crippen molar-refractivity contribution in [2.75, 3.05) is 0 Å². The number of unbranched alkanes of at least 4 members (excludes halogenated alkanes) is 1. The van der Waals surface area contributed by atoms with E-state index < -0.39 is 0 Å². The van der Waals surface area contributed by atoms with Gasteiger partial charge in [0.2, 0.25) is 0 Å². The molecule has 0 aliphatic heterocycles. The molecule has 0 fully saturated rings. The molecule has 3 rings (SSSR count). The van der Waals surface area contributed by atoms with E-state index in [4.69, 9.17) is 4.98 Å². The molecule has 0 radical (unpaired) electrons. The zero-order valence-electron chi connectivity index (χ0n) is 14.3. The van der Waals surface area contributed by atoms with E-state index in [1.54, 1.807) is 0 Å². The molecule has 0 spiro atoms. The molecule has 124 valence electrons. The standard InChI is InChI=1S/C20H21BrN2O/c1-4-5-10-18-22-17-9-7-6-8-16(17)20(24)23(18)19-13(2)11-15(21)12-14(19)3/h6-9,11-12H,4-5,10H2,1-3H3. The van der Waals surface area contributed by atoms with E-state index in [1.807, 2.05) is 54.8 Å². The molecule has 0 saturated carbocycles. The molecule has 0 bridgehead atoms. The first-order valence-electron chi connectivity index (χ1n) is 8.30. The quantitative estimate of drug-likeness (QED) is 0.626. The van der Waals surface area contributed by atoms with Gasteiger partial charge in [-0.1, -0.05) is 41.4 Å². The molecule has 24 heavy (non-hydrogen) atoms. The van der Waals surface area contributed by atoms with Gasteiger partial charge in [-0.2, -0.15) is 0 Å². The van der Waals surface area contributed by atoms with Gasteiger partial charge in [0.05, 0.1) is 16.6 Å². The van der Waals surface area contributed by atoms with Crippen molar-refractivity contribution in [3.8, 4) is 5.69 Å². The maximum absolute atomic E-state index is 13.2. The Bertz CT molecular complexity index is 936. The summed E-state index contributed by atoms with van der Waals surface area (Å²) in [5, 5.41) is 0.666. The minimum absolute atomic E-state index is 0.0141. The fraction of sp³-hybridized carbons (Fsp3) is 0.300. The Morgan fingerprint density at radius 2 is 1.79 bits per heavy atom. The third-order valence-corrected chi connectivity index (χ3v) is 4.74. The third-order valence-electron chi connectivity index (χ3n) is 4.28. The third kappa shape index (κ3) is 3.03. The molecule has 1 heterocycles. The lowest BCUT2D eigenvalue weighted by molar-refractivity contribution is 0.718. The normalized spacial score (nSPS) is 11.2. The molecular formula is C20H21BrN2O. The van der Waals surface area contributed by atoms with Gasteiger partial charge in [0.15, 0.2) is 0 Å². The van der Waals surface area contributed by atoms with Gasteiger partial charge in [0.1, 0.15) is 5.82 Å². The minimum Gasteiger partial charge on any atom is -0.268 e. The number of halogens is 1. The summed E-state index contributed by atoms with van der Waals surface area (Å²) in [4.78, 5) is 18.0. The highest BCUT2D eigenvalue weighted by atomic mass is 79.9. The van der Waals surface area contributed by atoms with E-state index in [0.29, 0.717) is 5.39 Å². The highest BCUT2D eigenvalue weighted by Gasteiger charge is 2.16. The van der Waals surface area contributed by atoms with Gasteiger partial charge in [-0.05, 0) is 55.7 Å². The van der Waals surface area contributed by atoms with E-state index in [0.717, 1.165) is 51.9 Å². The number of rotatable bonds is 4. The molecule has 0 amide bonds. The van der Waals surface area contributed by atoms with Crippen LogP contribution >= 0.6 is 15.9 Å². The van der Waals surface area contributed by atoms with Crippen LogP contribution in [-0.4, -0.2) is 9.55 Å². The molecule has 3 nitrogen and oxygen atoms in total. The van der Waals surface area contributed by atoms with E-state index >= 15 is 0 Å². The van der Waals surface area contributed by atoms with Gasteiger partial charge in [0.25, 0.3) is 5.56 Å². The fourth-order valence-electron chi connectivity index (χ4n) is 3.17. The second kappa shape index (κ2) is 6.89. The van der Waals surface area contributed by atoms with Crippen molar-refractivity contribution in [2.24, 2.45) is 0 Å². The van der Waals surface area contributed by atoms with Crippen molar-refractivity contribution in [3.63, 3.8) is 0 Å². The van der Waals surface area contributed by atoms with Crippen LogP contribution in [0.4, 0.5) is 0 Å². The van der Waals surface area contributed by atoms with Crippen LogP contribution in [0.2, 0.25) is 0 Å². The number of aryl methyl sites for hydroxylation is 3. The highest BCUT2D eigenvalue weighted by Crippen LogP contribution is 2.25. The van der Waals surface area contributed by atoms with Crippen LogP contribution in [0, 0.1) is 13.8 Å². The SMILES string of the molecule is CCCCc1nc2ccccc2c(=O)n1-c1c(C)cc(Br)cc1C. The Morgan fingerprint density at radius 1 is 1.12 bits per heavy atom. The first-order chi connectivity index (χ1) is 11.5. The number of nitrogens with zero attached hydrogens (tertiary/aromatic N) is 2. The predicted molar refractivity (Wildman–Crippen MR) is 103 cm³/mol. The molecule has 0 unspecified atom stereocenters. The monoisotopic (exact) mass is 384 g/mol. The summed E-state index contributed by atoms with van der Waals surface area (Å²) in [6, 6.07) is 11.7. The minimum atomic E-state index is 0.0141. The number of fused-ring (bicyclic) bond motifs is 1. The lowest BCUT2D eigenvalue weighted by Crippen LogP contribution is -2.25. The average molecular weight is 385 g/mol. The maximum Gasteiger partial charge on any atom is 0.265 e. The van der Waals surface area contributed by atoms with Crippen LogP contribution < -0.4 is 5.56 Å². The molecular weight excluding hydrogens is 364 g/mol. The molecule has 0 aliphatic rings. The summed E-state index contributed by atoms with van der Waals surface area (Å²) in [5.74, 6) is 0.842. The molecule has 3 aromatic rings. The Morgan fingerprint density at radius 3 is 2.46 bits per heavy atom. The largest absolute Gasteiger partial charge is 0.268 e. The maximum atomic E-state index is 13.2. The first kappa shape index (κ1) is 16.9. The fourth-order valence-corrected chi connectivity index (χ4v) is 3.85. The number of benzene rings is 2. The molecule has 0 atom stereocenters. The summed E-state index contributed by atoms with van der Waals surface area (Å²) in [6.45, 7) is 6.23.